The number of amides is 1. The number of nitrogens with zero attached hydrogens (tertiary/aromatic N) is 3. The van der Waals surface area contributed by atoms with Crippen LogP contribution in [0.2, 0.25) is 0 Å². The Kier molecular flexibility index (Phi) is 7.79. The van der Waals surface area contributed by atoms with E-state index >= 15 is 0 Å². The number of nitrogens with two attached hydrogens (primary N) is 1. The van der Waals surface area contributed by atoms with Gasteiger partial charge in [-0.1, -0.05) is 74.0 Å². The molecule has 0 aliphatic rings. The summed E-state index contributed by atoms with van der Waals surface area (Å²) < 4.78 is 7.09. The van der Waals surface area contributed by atoms with Gasteiger partial charge in [-0.05, 0) is 12.0 Å². The van der Waals surface area contributed by atoms with Crippen molar-refractivity contribution < 1.29 is 9.21 Å². The maximum Gasteiger partial charge on any atom is 0.330 e. The first kappa shape index (κ1) is 24.7. The molecule has 186 valence electrons. The molecule has 1 amide bonds. The molecule has 0 atom stereocenters. The second kappa shape index (κ2) is 11.4. The van der Waals surface area contributed by atoms with Crippen molar-refractivity contribution in [1.82, 2.24) is 14.5 Å². The quantitative estimate of drug-likeness (QED) is 0.352. The topological polar surface area (TPSA) is 127 Å². The van der Waals surface area contributed by atoms with Gasteiger partial charge in [0.15, 0.2) is 17.3 Å². The van der Waals surface area contributed by atoms with E-state index in [-0.39, 0.29) is 36.8 Å². The van der Waals surface area contributed by atoms with Crippen LogP contribution in [0.15, 0.2) is 80.9 Å². The molecule has 0 aliphatic heterocycles. The SMILES string of the molecule is CCCCN(C(=O)CCc1ncc(-c2ccccc2)o1)c1c(N)n(Cc2ccccc2)c(=O)[nH]c1=O. The molecule has 0 fully saturated rings. The number of carbonyl (C=O) groups excluding carboxylic acids is 1. The van der Waals surface area contributed by atoms with Crippen molar-refractivity contribution in [3.63, 3.8) is 0 Å². The smallest absolute Gasteiger partial charge is 0.330 e. The van der Waals surface area contributed by atoms with Crippen LogP contribution in [0.5, 0.6) is 0 Å². The van der Waals surface area contributed by atoms with E-state index in [2.05, 4.69) is 9.97 Å². The van der Waals surface area contributed by atoms with Crippen molar-refractivity contribution >= 4 is 17.4 Å². The van der Waals surface area contributed by atoms with Crippen LogP contribution in [0.3, 0.4) is 0 Å². The van der Waals surface area contributed by atoms with E-state index < -0.39 is 11.2 Å². The molecule has 2 aromatic carbocycles. The molecule has 2 aromatic heterocycles. The summed E-state index contributed by atoms with van der Waals surface area (Å²) in [5, 5.41) is 0. The monoisotopic (exact) mass is 487 g/mol. The Morgan fingerprint density at radius 3 is 2.47 bits per heavy atom. The Hall–Kier alpha value is -4.40. The number of aromatic nitrogens is 3. The van der Waals surface area contributed by atoms with Crippen LogP contribution in [0.25, 0.3) is 11.3 Å². The third-order valence-electron chi connectivity index (χ3n) is 5.87. The Balaban J connectivity index is 1.58. The van der Waals surface area contributed by atoms with Gasteiger partial charge in [0, 0.05) is 24.9 Å². The molecule has 0 unspecified atom stereocenters. The molecule has 0 saturated carbocycles. The first-order chi connectivity index (χ1) is 17.5. The number of nitrogens with one attached hydrogen (secondary N) is 1. The number of anilines is 2. The van der Waals surface area contributed by atoms with Crippen LogP contribution < -0.4 is 21.9 Å². The van der Waals surface area contributed by atoms with Crippen LogP contribution in [-0.4, -0.2) is 27.0 Å². The molecule has 0 radical (unpaired) electrons. The number of nitrogen functional groups attached to an aromatic ring is 1. The predicted molar refractivity (Wildman–Crippen MR) is 139 cm³/mol. The first-order valence-corrected chi connectivity index (χ1v) is 11.9. The number of carbonyl (C=O) groups is 1. The summed E-state index contributed by atoms with van der Waals surface area (Å²) in [4.78, 5) is 46.7. The minimum absolute atomic E-state index is 0.0126. The highest BCUT2D eigenvalue weighted by Gasteiger charge is 2.24. The van der Waals surface area contributed by atoms with Gasteiger partial charge in [0.2, 0.25) is 5.91 Å². The fourth-order valence-electron chi connectivity index (χ4n) is 3.95. The number of aryl methyl sites for hydroxylation is 1. The fourth-order valence-corrected chi connectivity index (χ4v) is 3.95. The second-order valence-corrected chi connectivity index (χ2v) is 8.45. The summed E-state index contributed by atoms with van der Waals surface area (Å²) in [5.74, 6) is 0.702. The van der Waals surface area contributed by atoms with Gasteiger partial charge >= 0.3 is 5.69 Å². The van der Waals surface area contributed by atoms with Crippen LogP contribution in [-0.2, 0) is 17.8 Å². The van der Waals surface area contributed by atoms with Crippen LogP contribution in [0.1, 0.15) is 37.6 Å². The molecular formula is C27H29N5O4. The highest BCUT2D eigenvalue weighted by Crippen LogP contribution is 2.22. The van der Waals surface area contributed by atoms with E-state index in [0.717, 1.165) is 17.5 Å². The summed E-state index contributed by atoms with van der Waals surface area (Å²) >= 11 is 0. The molecule has 0 aliphatic carbocycles. The van der Waals surface area contributed by atoms with E-state index in [1.807, 2.05) is 67.6 Å². The molecule has 36 heavy (non-hydrogen) atoms. The van der Waals surface area contributed by atoms with Crippen molar-refractivity contribution in [3.8, 4) is 11.3 Å². The third-order valence-corrected chi connectivity index (χ3v) is 5.87. The highest BCUT2D eigenvalue weighted by atomic mass is 16.4. The molecule has 2 heterocycles. The van der Waals surface area contributed by atoms with Crippen LogP contribution >= 0.6 is 0 Å². The second-order valence-electron chi connectivity index (χ2n) is 8.45. The molecular weight excluding hydrogens is 458 g/mol. The number of oxazole rings is 1. The lowest BCUT2D eigenvalue weighted by molar-refractivity contribution is -0.118. The lowest BCUT2D eigenvalue weighted by atomic mass is 10.2. The molecule has 0 spiro atoms. The van der Waals surface area contributed by atoms with Gasteiger partial charge in [-0.2, -0.15) is 0 Å². The Labute approximate surface area is 208 Å². The van der Waals surface area contributed by atoms with Crippen molar-refractivity contribution in [3.05, 3.63) is 99.2 Å². The molecule has 9 heteroatoms. The largest absolute Gasteiger partial charge is 0.441 e. The summed E-state index contributed by atoms with van der Waals surface area (Å²) in [5.41, 5.74) is 6.75. The van der Waals surface area contributed by atoms with E-state index in [9.17, 15) is 14.4 Å². The summed E-state index contributed by atoms with van der Waals surface area (Å²) in [6.45, 7) is 2.46. The molecule has 4 rings (SSSR count). The molecule has 9 nitrogen and oxygen atoms in total. The predicted octanol–water partition coefficient (Wildman–Crippen LogP) is 3.59. The lowest BCUT2D eigenvalue weighted by Gasteiger charge is -2.24. The van der Waals surface area contributed by atoms with E-state index in [4.69, 9.17) is 10.2 Å². The number of rotatable bonds is 10. The standard InChI is InChI=1S/C27H29N5O4/c1-2-3-16-31(23(33)15-14-22-29-17-21(36-22)20-12-8-5-9-13-20)24-25(28)32(27(35)30-26(24)34)18-19-10-6-4-7-11-19/h4-13,17H,2-3,14-16,18,28H2,1H3,(H,30,34,35). The zero-order valence-electron chi connectivity index (χ0n) is 20.1. The van der Waals surface area contributed by atoms with E-state index in [0.29, 0.717) is 24.6 Å². The van der Waals surface area contributed by atoms with Gasteiger partial charge in [-0.25, -0.2) is 9.78 Å². The number of benzene rings is 2. The van der Waals surface area contributed by atoms with Crippen molar-refractivity contribution in [2.24, 2.45) is 0 Å². The molecule has 0 bridgehead atoms. The average Bonchev–Trinajstić information content (AvgIpc) is 3.37. The van der Waals surface area contributed by atoms with Crippen molar-refractivity contribution in [2.75, 3.05) is 17.2 Å². The number of H-pyrrole nitrogens is 1. The van der Waals surface area contributed by atoms with Gasteiger partial charge < -0.3 is 15.1 Å². The highest BCUT2D eigenvalue weighted by molar-refractivity contribution is 5.95. The van der Waals surface area contributed by atoms with Gasteiger partial charge in [0.25, 0.3) is 5.56 Å². The lowest BCUT2D eigenvalue weighted by Crippen LogP contribution is -2.41. The number of aromatic amines is 1. The van der Waals surface area contributed by atoms with E-state index in [1.165, 1.54) is 9.47 Å². The summed E-state index contributed by atoms with van der Waals surface area (Å²) in [6.07, 6.45) is 3.43. The zero-order valence-corrected chi connectivity index (χ0v) is 20.1. The summed E-state index contributed by atoms with van der Waals surface area (Å²) in [6, 6.07) is 18.9. The van der Waals surface area contributed by atoms with Crippen molar-refractivity contribution in [1.29, 1.82) is 0 Å². The van der Waals surface area contributed by atoms with E-state index in [1.54, 1.807) is 6.20 Å². The normalized spacial score (nSPS) is 10.9. The Morgan fingerprint density at radius 1 is 1.08 bits per heavy atom. The van der Waals surface area contributed by atoms with Gasteiger partial charge in [-0.3, -0.25) is 19.1 Å². The van der Waals surface area contributed by atoms with Gasteiger partial charge in [0.1, 0.15) is 5.82 Å². The van der Waals surface area contributed by atoms with Crippen LogP contribution in [0, 0.1) is 0 Å². The van der Waals surface area contributed by atoms with Gasteiger partial charge in [0.05, 0.1) is 12.7 Å². The van der Waals surface area contributed by atoms with Gasteiger partial charge in [-0.15, -0.1) is 0 Å². The molecule has 0 saturated heterocycles. The Morgan fingerprint density at radius 2 is 1.78 bits per heavy atom. The fraction of sp³-hybridized carbons (Fsp3) is 0.259. The first-order valence-electron chi connectivity index (χ1n) is 11.9. The zero-order chi connectivity index (χ0) is 25.5. The summed E-state index contributed by atoms with van der Waals surface area (Å²) in [7, 11) is 0. The third kappa shape index (κ3) is 5.63. The van der Waals surface area contributed by atoms with Crippen LogP contribution in [0.4, 0.5) is 11.5 Å². The number of hydrogen-bond donors (Lipinski definition) is 2. The minimum atomic E-state index is -0.686. The molecule has 4 aromatic rings. The molecule has 3 N–H and O–H groups in total. The minimum Gasteiger partial charge on any atom is -0.441 e. The maximum atomic E-state index is 13.3. The number of hydrogen-bond acceptors (Lipinski definition) is 6. The Bertz CT molecular complexity index is 1420. The average molecular weight is 488 g/mol. The van der Waals surface area contributed by atoms with Crippen molar-refractivity contribution in [2.45, 2.75) is 39.2 Å². The number of unbranched alkanes of at least 4 members (excludes halogenated alkanes) is 1. The maximum absolute atomic E-state index is 13.3.